The van der Waals surface area contributed by atoms with Crippen LogP contribution >= 0.6 is 11.6 Å². The van der Waals surface area contributed by atoms with Crippen LogP contribution in [-0.2, 0) is 6.54 Å². The van der Waals surface area contributed by atoms with E-state index in [1.807, 2.05) is 42.1 Å². The first-order chi connectivity index (χ1) is 8.22. The Morgan fingerprint density at radius 3 is 2.82 bits per heavy atom. The van der Waals surface area contributed by atoms with Crippen molar-refractivity contribution in [1.82, 2.24) is 15.1 Å². The fourth-order valence-corrected chi connectivity index (χ4v) is 1.97. The first kappa shape index (κ1) is 12.1. The highest BCUT2D eigenvalue weighted by molar-refractivity contribution is 6.31. The average molecular weight is 250 g/mol. The third kappa shape index (κ3) is 2.68. The van der Waals surface area contributed by atoms with Gasteiger partial charge in [0.05, 0.1) is 11.4 Å². The maximum Gasteiger partial charge on any atom is 0.0705 e. The number of hydrogen-bond donors (Lipinski definition) is 1. The zero-order chi connectivity index (χ0) is 12.3. The van der Waals surface area contributed by atoms with E-state index in [2.05, 4.69) is 17.3 Å². The second kappa shape index (κ2) is 5.34. The summed E-state index contributed by atoms with van der Waals surface area (Å²) in [6.45, 7) is 5.73. The number of aryl methyl sites for hydroxylation is 1. The Morgan fingerprint density at radius 2 is 2.18 bits per heavy atom. The lowest BCUT2D eigenvalue weighted by molar-refractivity contribution is 0.716. The molecular weight excluding hydrogens is 234 g/mol. The lowest BCUT2D eigenvalue weighted by Crippen LogP contribution is -2.14. The largest absolute Gasteiger partial charge is 0.313 e. The highest BCUT2D eigenvalue weighted by Crippen LogP contribution is 2.22. The Bertz CT molecular complexity index is 505. The van der Waals surface area contributed by atoms with E-state index in [-0.39, 0.29) is 0 Å². The van der Waals surface area contributed by atoms with Crippen molar-refractivity contribution < 1.29 is 0 Å². The predicted molar refractivity (Wildman–Crippen MR) is 70.7 cm³/mol. The van der Waals surface area contributed by atoms with Crippen LogP contribution in [0, 0.1) is 6.92 Å². The van der Waals surface area contributed by atoms with Gasteiger partial charge in [0, 0.05) is 23.3 Å². The average Bonchev–Trinajstić information content (AvgIpc) is 2.74. The van der Waals surface area contributed by atoms with Crippen molar-refractivity contribution in [2.75, 3.05) is 6.54 Å². The summed E-state index contributed by atoms with van der Waals surface area (Å²) in [6.07, 6.45) is 1.95. The van der Waals surface area contributed by atoms with Gasteiger partial charge >= 0.3 is 0 Å². The van der Waals surface area contributed by atoms with Gasteiger partial charge in [-0.2, -0.15) is 5.10 Å². The van der Waals surface area contributed by atoms with Crippen LogP contribution in [0.5, 0.6) is 0 Å². The van der Waals surface area contributed by atoms with Crippen molar-refractivity contribution in [2.24, 2.45) is 0 Å². The van der Waals surface area contributed by atoms with E-state index < -0.39 is 0 Å². The second-order valence-corrected chi connectivity index (χ2v) is 4.33. The van der Waals surface area contributed by atoms with Gasteiger partial charge in [-0.25, -0.2) is 4.68 Å². The number of halogens is 1. The van der Waals surface area contributed by atoms with Crippen molar-refractivity contribution in [3.63, 3.8) is 0 Å². The summed E-state index contributed by atoms with van der Waals surface area (Å²) < 4.78 is 1.87. The number of hydrogen-bond acceptors (Lipinski definition) is 2. The number of rotatable bonds is 4. The highest BCUT2D eigenvalue weighted by atomic mass is 35.5. The van der Waals surface area contributed by atoms with Gasteiger partial charge in [0.2, 0.25) is 0 Å². The van der Waals surface area contributed by atoms with Crippen LogP contribution in [0.15, 0.2) is 30.5 Å². The molecule has 0 aliphatic carbocycles. The number of benzene rings is 1. The minimum Gasteiger partial charge on any atom is -0.313 e. The van der Waals surface area contributed by atoms with E-state index in [0.29, 0.717) is 0 Å². The van der Waals surface area contributed by atoms with E-state index in [4.69, 9.17) is 11.6 Å². The van der Waals surface area contributed by atoms with Gasteiger partial charge < -0.3 is 5.32 Å². The normalized spacial score (nSPS) is 10.8. The molecule has 0 amide bonds. The van der Waals surface area contributed by atoms with Gasteiger partial charge in [-0.05, 0) is 31.7 Å². The van der Waals surface area contributed by atoms with E-state index in [0.717, 1.165) is 35.1 Å². The summed E-state index contributed by atoms with van der Waals surface area (Å²) in [5, 5.41) is 8.49. The Balaban J connectivity index is 2.42. The number of aromatic nitrogens is 2. The minimum atomic E-state index is 0.754. The molecule has 1 aromatic heterocycles. The summed E-state index contributed by atoms with van der Waals surface area (Å²) >= 11 is 6.24. The minimum absolute atomic E-state index is 0.754. The molecule has 0 spiro atoms. The summed E-state index contributed by atoms with van der Waals surface area (Å²) in [5.41, 5.74) is 3.12. The van der Waals surface area contributed by atoms with Crippen molar-refractivity contribution >= 4 is 11.6 Å². The number of nitrogens with one attached hydrogen (secondary N) is 1. The van der Waals surface area contributed by atoms with Gasteiger partial charge in [0.1, 0.15) is 0 Å². The van der Waals surface area contributed by atoms with Gasteiger partial charge in [0.25, 0.3) is 0 Å². The standard InChI is InChI=1S/C13H16ClN3/c1-3-15-9-11-12(14)5-4-6-13(11)17-8-7-10(2)16-17/h4-8,15H,3,9H2,1-2H3. The monoisotopic (exact) mass is 249 g/mol. The Morgan fingerprint density at radius 1 is 1.35 bits per heavy atom. The van der Waals surface area contributed by atoms with E-state index >= 15 is 0 Å². The van der Waals surface area contributed by atoms with Crippen LogP contribution < -0.4 is 5.32 Å². The Labute approximate surface area is 106 Å². The predicted octanol–water partition coefficient (Wildman–Crippen LogP) is 2.94. The van der Waals surface area contributed by atoms with E-state index in [1.165, 1.54) is 0 Å². The van der Waals surface area contributed by atoms with Crippen LogP contribution in [0.3, 0.4) is 0 Å². The molecule has 1 aromatic carbocycles. The van der Waals surface area contributed by atoms with Crippen molar-refractivity contribution in [2.45, 2.75) is 20.4 Å². The molecule has 0 aliphatic heterocycles. The second-order valence-electron chi connectivity index (χ2n) is 3.92. The molecule has 0 unspecified atom stereocenters. The molecule has 0 bridgehead atoms. The molecule has 0 saturated carbocycles. The fourth-order valence-electron chi connectivity index (χ4n) is 1.74. The first-order valence-electron chi connectivity index (χ1n) is 5.73. The van der Waals surface area contributed by atoms with Crippen LogP contribution in [0.4, 0.5) is 0 Å². The van der Waals surface area contributed by atoms with Gasteiger partial charge in [-0.15, -0.1) is 0 Å². The maximum atomic E-state index is 6.24. The fraction of sp³-hybridized carbons (Fsp3) is 0.308. The van der Waals surface area contributed by atoms with Gasteiger partial charge in [-0.3, -0.25) is 0 Å². The Hall–Kier alpha value is -1.32. The quantitative estimate of drug-likeness (QED) is 0.903. The van der Waals surface area contributed by atoms with Crippen LogP contribution in [0.2, 0.25) is 5.02 Å². The highest BCUT2D eigenvalue weighted by Gasteiger charge is 2.08. The van der Waals surface area contributed by atoms with E-state index in [9.17, 15) is 0 Å². The third-order valence-corrected chi connectivity index (χ3v) is 2.97. The van der Waals surface area contributed by atoms with Gasteiger partial charge in [0.15, 0.2) is 0 Å². The van der Waals surface area contributed by atoms with Crippen LogP contribution in [0.1, 0.15) is 18.2 Å². The molecule has 2 aromatic rings. The van der Waals surface area contributed by atoms with Gasteiger partial charge in [-0.1, -0.05) is 24.6 Å². The zero-order valence-electron chi connectivity index (χ0n) is 10.1. The van der Waals surface area contributed by atoms with E-state index in [1.54, 1.807) is 0 Å². The lowest BCUT2D eigenvalue weighted by Gasteiger charge is -2.11. The molecule has 4 heteroatoms. The molecule has 90 valence electrons. The maximum absolute atomic E-state index is 6.24. The van der Waals surface area contributed by atoms with Crippen molar-refractivity contribution in [3.05, 3.63) is 46.7 Å². The topological polar surface area (TPSA) is 29.9 Å². The molecule has 0 atom stereocenters. The molecule has 1 N–H and O–H groups in total. The SMILES string of the molecule is CCNCc1c(Cl)cccc1-n1ccc(C)n1. The smallest absolute Gasteiger partial charge is 0.0705 e. The molecule has 2 rings (SSSR count). The van der Waals surface area contributed by atoms with Crippen molar-refractivity contribution in [3.8, 4) is 5.69 Å². The summed E-state index contributed by atoms with van der Waals surface area (Å²) in [7, 11) is 0. The zero-order valence-corrected chi connectivity index (χ0v) is 10.8. The molecule has 17 heavy (non-hydrogen) atoms. The summed E-state index contributed by atoms with van der Waals surface area (Å²) in [5.74, 6) is 0. The molecule has 0 saturated heterocycles. The Kier molecular flexibility index (Phi) is 3.82. The lowest BCUT2D eigenvalue weighted by atomic mass is 10.1. The molecule has 0 radical (unpaired) electrons. The van der Waals surface area contributed by atoms with Crippen molar-refractivity contribution in [1.29, 1.82) is 0 Å². The molecule has 3 nitrogen and oxygen atoms in total. The van der Waals surface area contributed by atoms with Crippen LogP contribution in [0.25, 0.3) is 5.69 Å². The third-order valence-electron chi connectivity index (χ3n) is 2.62. The summed E-state index contributed by atoms with van der Waals surface area (Å²) in [4.78, 5) is 0. The molecule has 0 aliphatic rings. The van der Waals surface area contributed by atoms with Crippen LogP contribution in [-0.4, -0.2) is 16.3 Å². The molecule has 1 heterocycles. The summed E-state index contributed by atoms with van der Waals surface area (Å²) in [6, 6.07) is 7.88. The molecule has 0 fully saturated rings. The molecular formula is C13H16ClN3. The first-order valence-corrected chi connectivity index (χ1v) is 6.11. The number of nitrogens with zero attached hydrogens (tertiary/aromatic N) is 2.